The Morgan fingerprint density at radius 2 is 1.07 bits per heavy atom. The van der Waals surface area contributed by atoms with Crippen molar-refractivity contribution in [2.24, 2.45) is 0 Å². The molecule has 1 heteroatoms. The van der Waals surface area contributed by atoms with Crippen molar-refractivity contribution in [3.63, 3.8) is 0 Å². The smallest absolute Gasteiger partial charge is 0.0556 e. The van der Waals surface area contributed by atoms with Crippen molar-refractivity contribution in [1.29, 1.82) is 0 Å². The number of hydrogen-bond donors (Lipinski definition) is 0. The van der Waals surface area contributed by atoms with E-state index in [4.69, 9.17) is 0 Å². The van der Waals surface area contributed by atoms with Gasteiger partial charge in [-0.1, -0.05) is 178 Å². The van der Waals surface area contributed by atoms with Gasteiger partial charge in [-0.15, -0.1) is 0 Å². The van der Waals surface area contributed by atoms with Gasteiger partial charge in [0.05, 0.1) is 5.69 Å². The highest BCUT2D eigenvalue weighted by Gasteiger charge is 2.49. The van der Waals surface area contributed by atoms with Crippen molar-refractivity contribution in [2.45, 2.75) is 38.5 Å². The fraction of sp³-hybridized carbons (Fsp3) is 0.107. The van der Waals surface area contributed by atoms with Crippen LogP contribution in [0, 0.1) is 0 Å². The lowest BCUT2D eigenvalue weighted by atomic mass is 9.72. The third-order valence-corrected chi connectivity index (χ3v) is 13.1. The number of fused-ring (bicyclic) bond motifs is 10. The predicted molar refractivity (Wildman–Crippen MR) is 242 cm³/mol. The van der Waals surface area contributed by atoms with Crippen LogP contribution in [0.4, 0.5) is 11.4 Å². The Kier molecular flexibility index (Phi) is 7.32. The Hall–Kier alpha value is -6.70. The molecule has 0 spiro atoms. The van der Waals surface area contributed by atoms with E-state index in [1.54, 1.807) is 0 Å². The second kappa shape index (κ2) is 12.4. The number of para-hydroxylation sites is 1. The van der Waals surface area contributed by atoms with Gasteiger partial charge in [-0.3, -0.25) is 0 Å². The van der Waals surface area contributed by atoms with Gasteiger partial charge in [0.1, 0.15) is 0 Å². The summed E-state index contributed by atoms with van der Waals surface area (Å²) in [6.45, 7) is 9.57. The lowest BCUT2D eigenvalue weighted by Gasteiger charge is -2.38. The molecule has 1 nitrogen and oxygen atoms in total. The Labute approximate surface area is 335 Å². The van der Waals surface area contributed by atoms with Crippen molar-refractivity contribution in [3.8, 4) is 44.5 Å². The maximum Gasteiger partial charge on any atom is 0.0556 e. The molecule has 272 valence electrons. The van der Waals surface area contributed by atoms with Crippen molar-refractivity contribution < 1.29 is 0 Å². The van der Waals surface area contributed by atoms with Gasteiger partial charge in [0.2, 0.25) is 0 Å². The maximum atomic E-state index is 2.55. The standard InChI is InChI=1S/C56H43N/c1-36-17-7-6-16-34-56(4)48-25-15-13-23-46(48)51-49(39-29-26-37(27-30-39)40-32-33-44-41(35-40)31-28-38-18-10-11-21-43(38)44)50-45-22-12-14-24-47(45)55(2,3)52(50)54(53(51)56)57(36)42-19-8-5-9-20-42/h5-35H,1-4H3/b7-6-,34-16+,36-17+. The molecule has 57 heavy (non-hydrogen) atoms. The third kappa shape index (κ3) is 4.82. The zero-order valence-electron chi connectivity index (χ0n) is 32.8. The van der Waals surface area contributed by atoms with Crippen LogP contribution in [-0.4, -0.2) is 0 Å². The summed E-state index contributed by atoms with van der Waals surface area (Å²) in [5.41, 5.74) is 18.8. The number of rotatable bonds is 3. The topological polar surface area (TPSA) is 3.24 Å². The first-order valence-corrected chi connectivity index (χ1v) is 20.2. The molecule has 0 aromatic heterocycles. The molecule has 0 bridgehead atoms. The van der Waals surface area contributed by atoms with Gasteiger partial charge in [-0.25, -0.2) is 0 Å². The SMILES string of the molecule is C\C1=C/C=C\C=C\C2(C)c3ccccc3-c3c(-c4ccc(-c5ccc6c(ccc7ccccc76)c5)cc4)c4c(c(c32)N1c1ccccc1)C(C)(C)c1ccccc1-4. The molecule has 0 saturated carbocycles. The quantitative estimate of drug-likeness (QED) is 0.164. The first-order valence-electron chi connectivity index (χ1n) is 20.2. The Morgan fingerprint density at radius 3 is 1.88 bits per heavy atom. The van der Waals surface area contributed by atoms with Crippen LogP contribution in [-0.2, 0) is 10.8 Å². The van der Waals surface area contributed by atoms with E-state index in [2.05, 4.69) is 221 Å². The van der Waals surface area contributed by atoms with E-state index < -0.39 is 0 Å². The zero-order chi connectivity index (χ0) is 38.5. The van der Waals surface area contributed by atoms with Crippen LogP contribution in [0.25, 0.3) is 66.1 Å². The van der Waals surface area contributed by atoms with Gasteiger partial charge in [0.25, 0.3) is 0 Å². The summed E-state index contributed by atoms with van der Waals surface area (Å²) in [6, 6.07) is 58.8. The number of benzene rings is 8. The molecule has 1 aliphatic heterocycles. The first-order chi connectivity index (χ1) is 27.8. The van der Waals surface area contributed by atoms with Crippen LogP contribution in [0.2, 0.25) is 0 Å². The molecule has 1 heterocycles. The van der Waals surface area contributed by atoms with Gasteiger partial charge in [-0.05, 0) is 126 Å². The Bertz CT molecular complexity index is 3050. The summed E-state index contributed by atoms with van der Waals surface area (Å²) in [5, 5.41) is 5.13. The monoisotopic (exact) mass is 729 g/mol. The van der Waals surface area contributed by atoms with Crippen LogP contribution >= 0.6 is 0 Å². The lowest BCUT2D eigenvalue weighted by Crippen LogP contribution is -2.28. The highest BCUT2D eigenvalue weighted by atomic mass is 15.2. The largest absolute Gasteiger partial charge is 0.314 e. The summed E-state index contributed by atoms with van der Waals surface area (Å²) < 4.78 is 0. The van der Waals surface area contributed by atoms with E-state index in [9.17, 15) is 0 Å². The van der Waals surface area contributed by atoms with E-state index in [1.807, 2.05) is 0 Å². The van der Waals surface area contributed by atoms with E-state index in [1.165, 1.54) is 105 Å². The Balaban J connectivity index is 1.23. The predicted octanol–water partition coefficient (Wildman–Crippen LogP) is 15.1. The summed E-state index contributed by atoms with van der Waals surface area (Å²) in [7, 11) is 0. The molecule has 0 N–H and O–H groups in total. The minimum atomic E-state index is -0.389. The average molecular weight is 730 g/mol. The summed E-state index contributed by atoms with van der Waals surface area (Å²) in [6.07, 6.45) is 11.3. The molecule has 1 unspecified atom stereocenters. The normalized spacial score (nSPS) is 19.3. The molecule has 0 saturated heterocycles. The van der Waals surface area contributed by atoms with Gasteiger partial charge in [0.15, 0.2) is 0 Å². The molecule has 2 aliphatic carbocycles. The Morgan fingerprint density at radius 1 is 0.456 bits per heavy atom. The number of allylic oxidation sites excluding steroid dienone is 6. The summed E-state index contributed by atoms with van der Waals surface area (Å²) in [4.78, 5) is 2.55. The van der Waals surface area contributed by atoms with Crippen molar-refractivity contribution >= 4 is 32.9 Å². The third-order valence-electron chi connectivity index (χ3n) is 13.1. The molecule has 0 amide bonds. The molecule has 0 radical (unpaired) electrons. The van der Waals surface area contributed by atoms with Gasteiger partial charge in [-0.2, -0.15) is 0 Å². The number of anilines is 2. The van der Waals surface area contributed by atoms with Crippen LogP contribution in [0.15, 0.2) is 194 Å². The minimum absolute atomic E-state index is 0.271. The van der Waals surface area contributed by atoms with E-state index in [-0.39, 0.29) is 10.8 Å². The molecular formula is C56H43N. The van der Waals surface area contributed by atoms with Crippen LogP contribution in [0.1, 0.15) is 49.9 Å². The van der Waals surface area contributed by atoms with Crippen LogP contribution in [0.5, 0.6) is 0 Å². The van der Waals surface area contributed by atoms with Crippen LogP contribution < -0.4 is 4.90 Å². The second-order valence-electron chi connectivity index (χ2n) is 16.7. The summed E-state index contributed by atoms with van der Waals surface area (Å²) in [5.74, 6) is 0. The lowest BCUT2D eigenvalue weighted by molar-refractivity contribution is 0.655. The molecule has 8 aromatic carbocycles. The van der Waals surface area contributed by atoms with Crippen LogP contribution in [0.3, 0.4) is 0 Å². The fourth-order valence-electron chi connectivity index (χ4n) is 10.4. The van der Waals surface area contributed by atoms with E-state index >= 15 is 0 Å². The van der Waals surface area contributed by atoms with E-state index in [0.717, 1.165) is 0 Å². The van der Waals surface area contributed by atoms with Gasteiger partial charge < -0.3 is 4.90 Å². The number of hydrogen-bond acceptors (Lipinski definition) is 1. The minimum Gasteiger partial charge on any atom is -0.314 e. The molecule has 11 rings (SSSR count). The van der Waals surface area contributed by atoms with Gasteiger partial charge >= 0.3 is 0 Å². The van der Waals surface area contributed by atoms with E-state index in [0.29, 0.717) is 0 Å². The number of nitrogens with zero attached hydrogens (tertiary/aromatic N) is 1. The second-order valence-corrected chi connectivity index (χ2v) is 16.7. The molecule has 8 aromatic rings. The zero-order valence-corrected chi connectivity index (χ0v) is 32.8. The van der Waals surface area contributed by atoms with Crippen molar-refractivity contribution in [3.05, 3.63) is 216 Å². The molecular weight excluding hydrogens is 687 g/mol. The average Bonchev–Trinajstić information content (AvgIpc) is 3.65. The highest BCUT2D eigenvalue weighted by Crippen LogP contribution is 2.66. The molecule has 0 fully saturated rings. The fourth-order valence-corrected chi connectivity index (χ4v) is 10.4. The van der Waals surface area contributed by atoms with Crippen molar-refractivity contribution in [1.82, 2.24) is 0 Å². The van der Waals surface area contributed by atoms with Gasteiger partial charge in [0, 0.05) is 22.2 Å². The first kappa shape index (κ1) is 33.6. The van der Waals surface area contributed by atoms with Crippen molar-refractivity contribution in [2.75, 3.05) is 4.90 Å². The summed E-state index contributed by atoms with van der Waals surface area (Å²) >= 11 is 0. The maximum absolute atomic E-state index is 2.55. The molecule has 3 aliphatic rings. The highest BCUT2D eigenvalue weighted by molar-refractivity contribution is 6.10. The molecule has 1 atom stereocenters.